The van der Waals surface area contributed by atoms with E-state index in [2.05, 4.69) is 11.3 Å². The molecule has 0 atom stereocenters. The van der Waals surface area contributed by atoms with Crippen molar-refractivity contribution in [3.05, 3.63) is 41.3 Å². The first-order valence-electron chi connectivity index (χ1n) is 7.58. The zero-order chi connectivity index (χ0) is 14.2. The highest BCUT2D eigenvalue weighted by Gasteiger charge is 2.10. The highest BCUT2D eigenvalue weighted by atomic mass is 35.5. The summed E-state index contributed by atoms with van der Waals surface area (Å²) in [6.07, 6.45) is 8.77. The molecule has 0 N–H and O–H groups in total. The molecular weight excluding hydrogens is 270 g/mol. The average molecular weight is 293 g/mol. The van der Waals surface area contributed by atoms with Crippen LogP contribution in [0.1, 0.15) is 48.9 Å². The summed E-state index contributed by atoms with van der Waals surface area (Å²) in [5.74, 6) is 0.208. The Morgan fingerprint density at radius 3 is 2.70 bits per heavy atom. The zero-order valence-electron chi connectivity index (χ0n) is 12.0. The van der Waals surface area contributed by atoms with E-state index in [1.807, 2.05) is 12.1 Å². The van der Waals surface area contributed by atoms with Crippen LogP contribution in [0.4, 0.5) is 0 Å². The Morgan fingerprint density at radius 1 is 1.15 bits per heavy atom. The van der Waals surface area contributed by atoms with E-state index in [9.17, 15) is 4.79 Å². The first-order chi connectivity index (χ1) is 9.75. The van der Waals surface area contributed by atoms with E-state index in [0.29, 0.717) is 11.4 Å². The normalized spacial score (nSPS) is 16.2. The number of carbonyl (C=O) groups is 1. The van der Waals surface area contributed by atoms with Crippen LogP contribution < -0.4 is 0 Å². The molecule has 1 aliphatic rings. The highest BCUT2D eigenvalue weighted by molar-refractivity contribution is 6.31. The number of nitrogens with zero attached hydrogens (tertiary/aromatic N) is 1. The summed E-state index contributed by atoms with van der Waals surface area (Å²) in [5, 5.41) is 0.637. The summed E-state index contributed by atoms with van der Waals surface area (Å²) >= 11 is 5.90. The highest BCUT2D eigenvalue weighted by Crippen LogP contribution is 2.14. The van der Waals surface area contributed by atoms with Gasteiger partial charge in [0.25, 0.3) is 0 Å². The number of hydrogen-bond donors (Lipinski definition) is 0. The number of Topliss-reactive ketones (excluding diaryl/α,β-unsaturated/α-hetero) is 1. The third-order valence-electron chi connectivity index (χ3n) is 3.82. The Labute approximate surface area is 127 Å². The Balaban J connectivity index is 1.59. The molecule has 1 aliphatic heterocycles. The van der Waals surface area contributed by atoms with Crippen LogP contribution in [-0.2, 0) is 0 Å². The molecule has 3 heteroatoms. The van der Waals surface area contributed by atoms with Crippen LogP contribution in [0.3, 0.4) is 0 Å². The SMILES string of the molecule is O=C(CCCCCN1CC[CH]CC1)c1cccc(Cl)c1. The number of halogens is 1. The molecular formula is C17H23ClNO. The van der Waals surface area contributed by atoms with Crippen molar-refractivity contribution in [1.29, 1.82) is 0 Å². The van der Waals surface area contributed by atoms with Crippen molar-refractivity contribution in [3.63, 3.8) is 0 Å². The van der Waals surface area contributed by atoms with Gasteiger partial charge in [0.2, 0.25) is 0 Å². The minimum Gasteiger partial charge on any atom is -0.303 e. The molecule has 2 rings (SSSR count). The second kappa shape index (κ2) is 8.43. The van der Waals surface area contributed by atoms with E-state index < -0.39 is 0 Å². The van der Waals surface area contributed by atoms with Crippen molar-refractivity contribution in [1.82, 2.24) is 4.90 Å². The van der Waals surface area contributed by atoms with Gasteiger partial charge < -0.3 is 4.90 Å². The minimum atomic E-state index is 0.208. The molecule has 0 aliphatic carbocycles. The van der Waals surface area contributed by atoms with Gasteiger partial charge in [0.15, 0.2) is 5.78 Å². The first kappa shape index (κ1) is 15.5. The number of piperidine rings is 1. The summed E-state index contributed by atoms with van der Waals surface area (Å²) in [4.78, 5) is 14.5. The van der Waals surface area contributed by atoms with Gasteiger partial charge in [-0.1, -0.05) is 30.2 Å². The number of carbonyl (C=O) groups excluding carboxylic acids is 1. The monoisotopic (exact) mass is 292 g/mol. The summed E-state index contributed by atoms with van der Waals surface area (Å²) in [6.45, 7) is 3.60. The molecule has 1 aromatic carbocycles. The van der Waals surface area contributed by atoms with Crippen LogP contribution >= 0.6 is 11.6 Å². The van der Waals surface area contributed by atoms with Gasteiger partial charge in [0.1, 0.15) is 0 Å². The fraction of sp³-hybridized carbons (Fsp3) is 0.529. The van der Waals surface area contributed by atoms with Gasteiger partial charge in [-0.15, -0.1) is 0 Å². The molecule has 2 nitrogen and oxygen atoms in total. The van der Waals surface area contributed by atoms with Gasteiger partial charge in [-0.3, -0.25) is 4.79 Å². The van der Waals surface area contributed by atoms with Crippen LogP contribution in [0.5, 0.6) is 0 Å². The summed E-state index contributed by atoms with van der Waals surface area (Å²) in [6, 6.07) is 7.24. The van der Waals surface area contributed by atoms with Gasteiger partial charge in [-0.2, -0.15) is 0 Å². The number of benzene rings is 1. The van der Waals surface area contributed by atoms with Crippen molar-refractivity contribution < 1.29 is 4.79 Å². The van der Waals surface area contributed by atoms with Gasteiger partial charge in [0.05, 0.1) is 0 Å². The van der Waals surface area contributed by atoms with Gasteiger partial charge in [-0.05, 0) is 63.9 Å². The Bertz CT molecular complexity index is 427. The maximum Gasteiger partial charge on any atom is 0.162 e. The Hall–Kier alpha value is -0.860. The number of unbranched alkanes of at least 4 members (excludes halogenated alkanes) is 2. The largest absolute Gasteiger partial charge is 0.303 e. The molecule has 0 bridgehead atoms. The van der Waals surface area contributed by atoms with E-state index >= 15 is 0 Å². The summed E-state index contributed by atoms with van der Waals surface area (Å²) in [5.41, 5.74) is 0.740. The van der Waals surface area contributed by atoms with E-state index in [4.69, 9.17) is 11.6 Å². The molecule has 1 fully saturated rings. The minimum absolute atomic E-state index is 0.208. The van der Waals surface area contributed by atoms with Crippen molar-refractivity contribution in [2.45, 2.75) is 38.5 Å². The van der Waals surface area contributed by atoms with Crippen LogP contribution in [0.25, 0.3) is 0 Å². The van der Waals surface area contributed by atoms with Crippen molar-refractivity contribution in [2.24, 2.45) is 0 Å². The smallest absolute Gasteiger partial charge is 0.162 e. The Kier molecular flexibility index (Phi) is 6.55. The molecule has 0 unspecified atom stereocenters. The van der Waals surface area contributed by atoms with E-state index in [1.165, 1.54) is 38.9 Å². The van der Waals surface area contributed by atoms with Gasteiger partial charge in [0, 0.05) is 17.0 Å². The van der Waals surface area contributed by atoms with Crippen LogP contribution in [0.15, 0.2) is 24.3 Å². The number of likely N-dealkylation sites (tertiary alicyclic amines) is 1. The van der Waals surface area contributed by atoms with Crippen LogP contribution in [0, 0.1) is 6.42 Å². The van der Waals surface area contributed by atoms with E-state index in [-0.39, 0.29) is 5.78 Å². The van der Waals surface area contributed by atoms with E-state index in [0.717, 1.165) is 18.4 Å². The third kappa shape index (κ3) is 5.26. The van der Waals surface area contributed by atoms with Crippen molar-refractivity contribution in [3.8, 4) is 0 Å². The molecule has 1 aromatic rings. The van der Waals surface area contributed by atoms with Crippen molar-refractivity contribution >= 4 is 17.4 Å². The molecule has 0 aromatic heterocycles. The van der Waals surface area contributed by atoms with E-state index in [1.54, 1.807) is 12.1 Å². The second-order valence-electron chi connectivity index (χ2n) is 5.45. The first-order valence-corrected chi connectivity index (χ1v) is 7.96. The lowest BCUT2D eigenvalue weighted by Crippen LogP contribution is -2.30. The Morgan fingerprint density at radius 2 is 1.95 bits per heavy atom. The molecule has 1 saturated heterocycles. The fourth-order valence-electron chi connectivity index (χ4n) is 2.63. The summed E-state index contributed by atoms with van der Waals surface area (Å²) in [7, 11) is 0. The van der Waals surface area contributed by atoms with Gasteiger partial charge in [-0.25, -0.2) is 0 Å². The number of hydrogen-bond acceptors (Lipinski definition) is 2. The standard InChI is InChI=1S/C17H23ClNO/c18-16-9-7-8-15(14-16)17(20)10-3-1-4-11-19-12-5-2-6-13-19/h2,7-9,14H,1,3-6,10-13H2. The topological polar surface area (TPSA) is 20.3 Å². The lowest BCUT2D eigenvalue weighted by Gasteiger charge is -2.26. The summed E-state index contributed by atoms with van der Waals surface area (Å²) < 4.78 is 0. The number of rotatable bonds is 7. The van der Waals surface area contributed by atoms with Crippen LogP contribution in [0.2, 0.25) is 5.02 Å². The lowest BCUT2D eigenvalue weighted by atomic mass is 10.0. The predicted molar refractivity (Wildman–Crippen MR) is 84.2 cm³/mol. The molecule has 0 spiro atoms. The lowest BCUT2D eigenvalue weighted by molar-refractivity contribution is 0.0978. The quantitative estimate of drug-likeness (QED) is 0.549. The predicted octanol–water partition coefficient (Wildman–Crippen LogP) is 4.38. The molecule has 20 heavy (non-hydrogen) atoms. The molecule has 0 amide bonds. The third-order valence-corrected chi connectivity index (χ3v) is 4.06. The maximum absolute atomic E-state index is 12.0. The van der Waals surface area contributed by atoms with Crippen molar-refractivity contribution in [2.75, 3.05) is 19.6 Å². The molecule has 1 heterocycles. The second-order valence-corrected chi connectivity index (χ2v) is 5.89. The molecule has 1 radical (unpaired) electrons. The zero-order valence-corrected chi connectivity index (χ0v) is 12.7. The van der Waals surface area contributed by atoms with Gasteiger partial charge >= 0.3 is 0 Å². The maximum atomic E-state index is 12.0. The van der Waals surface area contributed by atoms with Crippen LogP contribution in [-0.4, -0.2) is 30.3 Å². The fourth-order valence-corrected chi connectivity index (χ4v) is 2.82. The molecule has 0 saturated carbocycles. The number of ketones is 1. The molecule has 109 valence electrons. The average Bonchev–Trinajstić information content (AvgIpc) is 2.48.